The van der Waals surface area contributed by atoms with Gasteiger partial charge in [0.05, 0.1) is 0 Å². The summed E-state index contributed by atoms with van der Waals surface area (Å²) in [7, 11) is 0. The molecule has 0 aromatic rings. The SMILES string of the molecule is C[PH](C)(C)[Ni][PH](C)(C)C. The first-order valence-corrected chi connectivity index (χ1v) is 12.9. The van der Waals surface area contributed by atoms with Crippen molar-refractivity contribution >= 4 is 12.1 Å². The molecule has 0 aromatic carbocycles. The zero-order valence-corrected chi connectivity index (χ0v) is 10.3. The fourth-order valence-electron chi connectivity index (χ4n) is 0.712. The molecule has 0 aliphatic carbocycles. The van der Waals surface area contributed by atoms with Gasteiger partial charge < -0.3 is 0 Å². The Morgan fingerprint density at radius 3 is 0.889 bits per heavy atom. The van der Waals surface area contributed by atoms with Crippen LogP contribution in [0.4, 0.5) is 0 Å². The van der Waals surface area contributed by atoms with Crippen LogP contribution in [0.15, 0.2) is 0 Å². The average molecular weight is 213 g/mol. The molecule has 0 spiro atoms. The van der Waals surface area contributed by atoms with Crippen LogP contribution in [0.3, 0.4) is 0 Å². The van der Waals surface area contributed by atoms with Crippen molar-refractivity contribution in [2.45, 2.75) is 0 Å². The predicted octanol–water partition coefficient (Wildman–Crippen LogP) is 2.18. The zero-order chi connectivity index (χ0) is 7.71. The van der Waals surface area contributed by atoms with Gasteiger partial charge in [0.1, 0.15) is 0 Å². The molecule has 0 aliphatic heterocycles. The van der Waals surface area contributed by atoms with Gasteiger partial charge in [-0.15, -0.1) is 0 Å². The Bertz CT molecular complexity index is 76.2. The second-order valence-electron chi connectivity index (χ2n) is 4.03. The van der Waals surface area contributed by atoms with E-state index in [2.05, 4.69) is 53.6 Å². The van der Waals surface area contributed by atoms with Gasteiger partial charge in [0, 0.05) is 0 Å². The molecule has 0 bridgehead atoms. The number of hydrogen-bond donors (Lipinski definition) is 0. The first kappa shape index (κ1) is 10.4. The van der Waals surface area contributed by atoms with Crippen LogP contribution in [-0.4, -0.2) is 40.0 Å². The zero-order valence-electron chi connectivity index (χ0n) is 7.32. The van der Waals surface area contributed by atoms with Crippen molar-refractivity contribution in [2.24, 2.45) is 0 Å². The maximum absolute atomic E-state index is 2.44. The molecule has 9 heavy (non-hydrogen) atoms. The Kier molecular flexibility index (Phi) is 3.64. The molecule has 3 heteroatoms. The predicted molar refractivity (Wildman–Crippen MR) is 52.2 cm³/mol. The summed E-state index contributed by atoms with van der Waals surface area (Å²) in [5, 5.41) is 0. The van der Waals surface area contributed by atoms with Crippen LogP contribution in [0, 0.1) is 0 Å². The third-order valence-corrected chi connectivity index (χ3v) is 17.6. The molecule has 0 heterocycles. The van der Waals surface area contributed by atoms with Crippen LogP contribution in [0.5, 0.6) is 0 Å². The molecule has 0 N–H and O–H groups in total. The molecule has 0 unspecified atom stereocenters. The van der Waals surface area contributed by atoms with Crippen LogP contribution in [0.1, 0.15) is 0 Å². The summed E-state index contributed by atoms with van der Waals surface area (Å²) in [5.41, 5.74) is 0. The molecule has 0 aliphatic rings. The van der Waals surface area contributed by atoms with E-state index >= 15 is 0 Å². The second-order valence-corrected chi connectivity index (χ2v) is 23.7. The van der Waals surface area contributed by atoms with Crippen molar-refractivity contribution in [2.75, 3.05) is 40.0 Å². The van der Waals surface area contributed by atoms with Crippen LogP contribution >= 0.6 is 12.1 Å². The Balaban J connectivity index is 3.75. The van der Waals surface area contributed by atoms with Gasteiger partial charge in [-0.3, -0.25) is 0 Å². The van der Waals surface area contributed by atoms with Gasteiger partial charge in [-0.1, -0.05) is 0 Å². The molecule has 0 amide bonds. The third kappa shape index (κ3) is 9.35. The average Bonchev–Trinajstić information content (AvgIpc) is 1.14. The van der Waals surface area contributed by atoms with Crippen LogP contribution in [0.25, 0.3) is 0 Å². The summed E-state index contributed by atoms with van der Waals surface area (Å²) >= 11 is 2.11. The van der Waals surface area contributed by atoms with Gasteiger partial charge in [-0.25, -0.2) is 0 Å². The quantitative estimate of drug-likeness (QED) is 0.487. The van der Waals surface area contributed by atoms with Gasteiger partial charge >= 0.3 is 65.6 Å². The Morgan fingerprint density at radius 2 is 0.889 bits per heavy atom. The molecule has 0 atom stereocenters. The normalized spacial score (nSPS) is 18.0. The van der Waals surface area contributed by atoms with Crippen molar-refractivity contribution in [1.29, 1.82) is 0 Å². The molecule has 0 rings (SSSR count). The molecular formula is C6H20NiP2. The number of rotatable bonds is 2. The minimum atomic E-state index is -0.793. The molecule has 64 valence electrons. The second kappa shape index (κ2) is 3.17. The van der Waals surface area contributed by atoms with Gasteiger partial charge in [0.15, 0.2) is 0 Å². The summed E-state index contributed by atoms with van der Waals surface area (Å²) in [6, 6.07) is -1.59. The summed E-state index contributed by atoms with van der Waals surface area (Å²) in [5.74, 6) is 0. The molecule has 0 saturated carbocycles. The number of hydrogen-bond acceptors (Lipinski definition) is 0. The molecule has 0 fully saturated rings. The Labute approximate surface area is 65.9 Å². The van der Waals surface area contributed by atoms with Crippen molar-refractivity contribution in [3.63, 3.8) is 0 Å². The topological polar surface area (TPSA) is 0 Å². The summed E-state index contributed by atoms with van der Waals surface area (Å²) in [6.45, 7) is 14.6. The molecule has 0 nitrogen and oxygen atoms in total. The van der Waals surface area contributed by atoms with E-state index in [-0.39, 0.29) is 0 Å². The van der Waals surface area contributed by atoms with Gasteiger partial charge in [0.2, 0.25) is 0 Å². The Hall–Kier alpha value is 1.35. The van der Waals surface area contributed by atoms with E-state index in [1.165, 1.54) is 0 Å². The van der Waals surface area contributed by atoms with Crippen LogP contribution < -0.4 is 0 Å². The summed E-state index contributed by atoms with van der Waals surface area (Å²) in [6.07, 6.45) is 0. The standard InChI is InChI=1S/2C3H9P.Ni/c2*1-4(2)3;/h2*1-3H3;/q;;-2/p+2. The van der Waals surface area contributed by atoms with E-state index in [0.29, 0.717) is 0 Å². The fraction of sp³-hybridized carbons (Fsp3) is 1.00. The van der Waals surface area contributed by atoms with Crippen LogP contribution in [0.2, 0.25) is 0 Å². The van der Waals surface area contributed by atoms with E-state index in [0.717, 1.165) is 0 Å². The van der Waals surface area contributed by atoms with Crippen molar-refractivity contribution in [3.8, 4) is 0 Å². The van der Waals surface area contributed by atoms with E-state index in [1.807, 2.05) is 0 Å². The van der Waals surface area contributed by atoms with E-state index in [9.17, 15) is 0 Å². The van der Waals surface area contributed by atoms with Crippen molar-refractivity contribution in [1.82, 2.24) is 0 Å². The monoisotopic (exact) mass is 212 g/mol. The van der Waals surface area contributed by atoms with E-state index < -0.39 is 12.1 Å². The summed E-state index contributed by atoms with van der Waals surface area (Å²) < 4.78 is 0. The molecule has 0 saturated heterocycles. The van der Waals surface area contributed by atoms with Crippen molar-refractivity contribution < 1.29 is 13.6 Å². The van der Waals surface area contributed by atoms with Gasteiger partial charge in [-0.05, 0) is 0 Å². The van der Waals surface area contributed by atoms with E-state index in [1.54, 1.807) is 0 Å². The molecule has 0 radical (unpaired) electrons. The fourth-order valence-corrected chi connectivity index (χ4v) is 26.4. The molecular weight excluding hydrogens is 193 g/mol. The van der Waals surface area contributed by atoms with Gasteiger partial charge in [-0.2, -0.15) is 0 Å². The summed E-state index contributed by atoms with van der Waals surface area (Å²) in [4.78, 5) is 0. The van der Waals surface area contributed by atoms with Gasteiger partial charge in [0.25, 0.3) is 0 Å². The third-order valence-electron chi connectivity index (χ3n) is 0.474. The Morgan fingerprint density at radius 1 is 0.667 bits per heavy atom. The van der Waals surface area contributed by atoms with E-state index in [4.69, 9.17) is 0 Å². The minimum absolute atomic E-state index is 0.793. The maximum atomic E-state index is 2.44. The first-order chi connectivity index (χ1) is 3.71. The van der Waals surface area contributed by atoms with Crippen LogP contribution in [-0.2, 0) is 13.6 Å². The molecule has 0 aromatic heterocycles. The first-order valence-electron chi connectivity index (χ1n) is 3.32. The van der Waals surface area contributed by atoms with Crippen molar-refractivity contribution in [3.05, 3.63) is 0 Å².